The summed E-state index contributed by atoms with van der Waals surface area (Å²) in [5.74, 6) is 0.840. The number of rotatable bonds is 4. The zero-order valence-corrected chi connectivity index (χ0v) is 23.4. The number of aliphatic imine (C=N–C) groups is 2. The van der Waals surface area contributed by atoms with Crippen molar-refractivity contribution in [2.45, 2.75) is 99.8 Å². The Morgan fingerprint density at radius 1 is 1.00 bits per heavy atom. The molecule has 0 saturated heterocycles. The van der Waals surface area contributed by atoms with Gasteiger partial charge in [-0.05, 0) is 73.2 Å². The summed E-state index contributed by atoms with van der Waals surface area (Å²) in [5.41, 5.74) is 16.6. The first kappa shape index (κ1) is 35.4. The Labute approximate surface area is 204 Å². The number of guanidine groups is 1. The second-order valence-electron chi connectivity index (χ2n) is 9.45. The average Bonchev–Trinajstić information content (AvgIpc) is 3.36. The van der Waals surface area contributed by atoms with Crippen molar-refractivity contribution in [1.29, 1.82) is 0 Å². The van der Waals surface area contributed by atoms with E-state index in [1.807, 2.05) is 52.6 Å². The van der Waals surface area contributed by atoms with Gasteiger partial charge in [-0.2, -0.15) is 0 Å². The second-order valence-corrected chi connectivity index (χ2v) is 9.45. The van der Waals surface area contributed by atoms with Gasteiger partial charge in [-0.3, -0.25) is 9.98 Å². The first-order chi connectivity index (χ1) is 15.1. The molecule has 1 aromatic rings. The van der Waals surface area contributed by atoms with Crippen LogP contribution in [0.2, 0.25) is 0 Å². The summed E-state index contributed by atoms with van der Waals surface area (Å²) in [5, 5.41) is 0. The zero-order chi connectivity index (χ0) is 26.6. The Hall–Kier alpha value is -2.19. The highest BCUT2D eigenvalue weighted by atomic mass is 15.1. The SMILES string of the molecule is CC(C)C1=CN=CC1.CC(C)N.CC(C)N(C)C.CC(C)N=C(N)N.CC(C)n1ccnc1. The van der Waals surface area contributed by atoms with E-state index in [4.69, 9.17) is 17.2 Å². The molecule has 0 radical (unpaired) electrons. The number of aromatic nitrogens is 2. The monoisotopic (exact) mass is 466 g/mol. The Kier molecular flexibility index (Phi) is 23.2. The Morgan fingerprint density at radius 3 is 1.61 bits per heavy atom. The fourth-order valence-corrected chi connectivity index (χ4v) is 1.62. The van der Waals surface area contributed by atoms with Crippen LogP contribution in [0.5, 0.6) is 0 Å². The molecule has 8 heteroatoms. The van der Waals surface area contributed by atoms with E-state index in [1.165, 1.54) is 5.57 Å². The van der Waals surface area contributed by atoms with Crippen LogP contribution >= 0.6 is 0 Å². The van der Waals surface area contributed by atoms with Crippen LogP contribution in [-0.4, -0.2) is 58.8 Å². The Bertz CT molecular complexity index is 612. The molecule has 6 N–H and O–H groups in total. The molecule has 194 valence electrons. The first-order valence-corrected chi connectivity index (χ1v) is 11.8. The summed E-state index contributed by atoms with van der Waals surface area (Å²) in [6.45, 7) is 20.7. The maximum atomic E-state index is 5.11. The minimum atomic E-state index is 0.162. The molecule has 0 saturated carbocycles. The van der Waals surface area contributed by atoms with E-state index in [2.05, 4.69) is 80.1 Å². The van der Waals surface area contributed by atoms with Gasteiger partial charge in [-0.15, -0.1) is 0 Å². The molecule has 0 unspecified atom stereocenters. The fourth-order valence-electron chi connectivity index (χ4n) is 1.62. The smallest absolute Gasteiger partial charge is 0.186 e. The third-order valence-electron chi connectivity index (χ3n) is 3.98. The lowest BCUT2D eigenvalue weighted by Gasteiger charge is -2.12. The molecule has 2 heterocycles. The topological polar surface area (TPSA) is 124 Å². The van der Waals surface area contributed by atoms with Gasteiger partial charge in [0.15, 0.2) is 5.96 Å². The second kappa shape index (κ2) is 21.6. The molecule has 8 nitrogen and oxygen atoms in total. The van der Waals surface area contributed by atoms with Crippen LogP contribution < -0.4 is 17.2 Å². The van der Waals surface area contributed by atoms with E-state index in [1.54, 1.807) is 6.20 Å². The molecule has 2 rings (SSSR count). The lowest BCUT2D eigenvalue weighted by molar-refractivity contribution is 0.335. The van der Waals surface area contributed by atoms with E-state index >= 15 is 0 Å². The third kappa shape index (κ3) is 29.8. The molecule has 0 aromatic carbocycles. The van der Waals surface area contributed by atoms with Crippen molar-refractivity contribution in [3.8, 4) is 0 Å². The van der Waals surface area contributed by atoms with E-state index < -0.39 is 0 Å². The van der Waals surface area contributed by atoms with Gasteiger partial charge in [0, 0.05) is 49.4 Å². The highest BCUT2D eigenvalue weighted by molar-refractivity contribution is 5.75. The first-order valence-electron chi connectivity index (χ1n) is 11.8. The van der Waals surface area contributed by atoms with Gasteiger partial charge in [0.1, 0.15) is 0 Å². The van der Waals surface area contributed by atoms with Crippen molar-refractivity contribution in [2.75, 3.05) is 14.1 Å². The molecule has 0 bridgehead atoms. The van der Waals surface area contributed by atoms with Crippen LogP contribution in [0.3, 0.4) is 0 Å². The lowest BCUT2D eigenvalue weighted by atomic mass is 10.0. The molecule has 0 amide bonds. The molecule has 0 spiro atoms. The molecule has 0 fully saturated rings. The van der Waals surface area contributed by atoms with Crippen LogP contribution in [0.25, 0.3) is 0 Å². The van der Waals surface area contributed by atoms with Crippen molar-refractivity contribution in [2.24, 2.45) is 33.1 Å². The highest BCUT2D eigenvalue weighted by Gasteiger charge is 2.03. The Morgan fingerprint density at radius 2 is 1.48 bits per heavy atom. The zero-order valence-electron chi connectivity index (χ0n) is 23.4. The maximum absolute atomic E-state index is 5.11. The summed E-state index contributed by atoms with van der Waals surface area (Å²) in [6, 6.07) is 1.77. The summed E-state index contributed by atoms with van der Waals surface area (Å²) >= 11 is 0. The normalized spacial score (nSPS) is 11.8. The maximum Gasteiger partial charge on any atom is 0.186 e. The van der Waals surface area contributed by atoms with Crippen molar-refractivity contribution in [3.63, 3.8) is 0 Å². The van der Waals surface area contributed by atoms with Crippen molar-refractivity contribution in [1.82, 2.24) is 14.5 Å². The van der Waals surface area contributed by atoms with Crippen LogP contribution in [0.1, 0.15) is 81.7 Å². The van der Waals surface area contributed by atoms with Crippen molar-refractivity contribution >= 4 is 12.2 Å². The van der Waals surface area contributed by atoms with Crippen molar-refractivity contribution < 1.29 is 0 Å². The molecule has 1 aromatic heterocycles. The average molecular weight is 467 g/mol. The van der Waals surface area contributed by atoms with E-state index in [0.29, 0.717) is 24.0 Å². The molecule has 1 aliphatic heterocycles. The molecule has 0 aliphatic carbocycles. The molecule has 0 atom stereocenters. The molecule has 33 heavy (non-hydrogen) atoms. The van der Waals surface area contributed by atoms with Gasteiger partial charge in [0.05, 0.1) is 6.33 Å². The van der Waals surface area contributed by atoms with Crippen LogP contribution in [0.4, 0.5) is 0 Å². The number of allylic oxidation sites excluding steroid dienone is 1. The fraction of sp³-hybridized carbons (Fsp3) is 0.720. The summed E-state index contributed by atoms with van der Waals surface area (Å²) in [4.78, 5) is 13.8. The number of nitrogens with zero attached hydrogens (tertiary/aromatic N) is 5. The molecular formula is C25H54N8. The van der Waals surface area contributed by atoms with E-state index in [9.17, 15) is 0 Å². The lowest BCUT2D eigenvalue weighted by Crippen LogP contribution is -2.24. The van der Waals surface area contributed by atoms with Gasteiger partial charge in [-0.25, -0.2) is 4.98 Å². The predicted molar refractivity (Wildman–Crippen MR) is 148 cm³/mol. The standard InChI is InChI=1S/C7H11N.C6H10N2.C5H13N.C4H11N3.C3H9N/c1-6(2)7-3-4-8-5-7;1-6(2)8-4-3-7-5-8;1-5(2)6(3)4;1-3(2)7-4(5)6;1-3(2)4/h4-6H,3H2,1-2H3;3-6H,1-2H3;5H,1-4H3;3H,1-2H3,(H4,5,6,7);3H,4H2,1-2H3. The van der Waals surface area contributed by atoms with Gasteiger partial charge < -0.3 is 26.7 Å². The molecule has 1 aliphatic rings. The Balaban J connectivity index is -0.000000348. The summed E-state index contributed by atoms with van der Waals surface area (Å²) in [7, 11) is 4.15. The number of hydrogen-bond donors (Lipinski definition) is 3. The van der Waals surface area contributed by atoms with Gasteiger partial charge in [0.2, 0.25) is 0 Å². The number of nitrogens with two attached hydrogens (primary N) is 3. The van der Waals surface area contributed by atoms with E-state index in [-0.39, 0.29) is 12.0 Å². The quantitative estimate of drug-likeness (QED) is 0.447. The van der Waals surface area contributed by atoms with E-state index in [0.717, 1.165) is 6.42 Å². The van der Waals surface area contributed by atoms with Gasteiger partial charge >= 0.3 is 0 Å². The predicted octanol–water partition coefficient (Wildman–Crippen LogP) is 4.44. The minimum Gasteiger partial charge on any atom is -0.370 e. The van der Waals surface area contributed by atoms with Crippen LogP contribution in [0.15, 0.2) is 40.5 Å². The number of imidazole rings is 1. The van der Waals surface area contributed by atoms with Crippen LogP contribution in [-0.2, 0) is 0 Å². The highest BCUT2D eigenvalue weighted by Crippen LogP contribution is 2.15. The minimum absolute atomic E-state index is 0.162. The third-order valence-corrected chi connectivity index (χ3v) is 3.98. The molecular weight excluding hydrogens is 412 g/mol. The van der Waals surface area contributed by atoms with Crippen LogP contribution in [0, 0.1) is 5.92 Å². The summed E-state index contributed by atoms with van der Waals surface area (Å²) < 4.78 is 2.06. The largest absolute Gasteiger partial charge is 0.370 e. The summed E-state index contributed by atoms with van der Waals surface area (Å²) in [6.07, 6.45) is 10.6. The van der Waals surface area contributed by atoms with Gasteiger partial charge in [0.25, 0.3) is 0 Å². The van der Waals surface area contributed by atoms with Gasteiger partial charge in [-0.1, -0.05) is 27.7 Å². The van der Waals surface area contributed by atoms with Crippen molar-refractivity contribution in [3.05, 3.63) is 30.5 Å². The number of hydrogen-bond acceptors (Lipinski definition) is 5.